The third kappa shape index (κ3) is 3.71. The van der Waals surface area contributed by atoms with E-state index in [1.54, 1.807) is 38.1 Å². The van der Waals surface area contributed by atoms with E-state index >= 15 is 0 Å². The molecule has 0 atom stereocenters. The number of ether oxygens (including phenoxy) is 1. The number of aryl methyl sites for hydroxylation is 1. The lowest BCUT2D eigenvalue weighted by Crippen LogP contribution is -2.12. The highest BCUT2D eigenvalue weighted by Gasteiger charge is 2.23. The molecule has 0 aromatic heterocycles. The molecule has 0 radical (unpaired) electrons. The van der Waals surface area contributed by atoms with Crippen LogP contribution in [0.2, 0.25) is 0 Å². The van der Waals surface area contributed by atoms with Crippen LogP contribution in [0.5, 0.6) is 5.75 Å². The minimum atomic E-state index is -3.65. The molecule has 0 fully saturated rings. The first-order valence-electron chi connectivity index (χ1n) is 7.13. The van der Waals surface area contributed by atoms with Gasteiger partial charge in [-0.1, -0.05) is 30.3 Å². The van der Waals surface area contributed by atoms with Crippen LogP contribution in [0.3, 0.4) is 0 Å². The number of rotatable bonds is 6. The van der Waals surface area contributed by atoms with E-state index in [-0.39, 0.29) is 27.5 Å². The molecule has 0 bridgehead atoms. The van der Waals surface area contributed by atoms with Crippen LogP contribution in [-0.4, -0.2) is 26.1 Å². The van der Waals surface area contributed by atoms with E-state index in [1.807, 2.05) is 0 Å². The van der Waals surface area contributed by atoms with Crippen molar-refractivity contribution in [2.45, 2.75) is 24.5 Å². The summed E-state index contributed by atoms with van der Waals surface area (Å²) in [5.41, 5.74) is 0.739. The number of sulfone groups is 1. The predicted molar refractivity (Wildman–Crippen MR) is 86.6 cm³/mol. The molecule has 0 saturated carbocycles. The molecular formula is C17H18O5S. The summed E-state index contributed by atoms with van der Waals surface area (Å²) in [6.45, 7) is 3.75. The minimum Gasteiger partial charge on any atom is -0.493 e. The van der Waals surface area contributed by atoms with Crippen molar-refractivity contribution in [3.8, 4) is 5.75 Å². The second kappa shape index (κ2) is 6.83. The van der Waals surface area contributed by atoms with Gasteiger partial charge in [0, 0.05) is 0 Å². The summed E-state index contributed by atoms with van der Waals surface area (Å²) in [6, 6.07) is 11.3. The van der Waals surface area contributed by atoms with Gasteiger partial charge in [-0.2, -0.15) is 0 Å². The van der Waals surface area contributed by atoms with E-state index in [4.69, 9.17) is 4.74 Å². The van der Waals surface area contributed by atoms with E-state index in [9.17, 15) is 18.3 Å². The number of aromatic carboxylic acids is 1. The fourth-order valence-electron chi connectivity index (χ4n) is 2.40. The average Bonchev–Trinajstić information content (AvgIpc) is 2.47. The van der Waals surface area contributed by atoms with Crippen molar-refractivity contribution in [3.05, 3.63) is 59.2 Å². The Bertz CT molecular complexity index is 825. The second-order valence-electron chi connectivity index (χ2n) is 5.05. The van der Waals surface area contributed by atoms with Crippen LogP contribution >= 0.6 is 0 Å². The third-order valence-electron chi connectivity index (χ3n) is 3.40. The van der Waals surface area contributed by atoms with Crippen LogP contribution in [0.25, 0.3) is 0 Å². The normalized spacial score (nSPS) is 11.2. The largest absolute Gasteiger partial charge is 0.493 e. The molecule has 2 aromatic rings. The monoisotopic (exact) mass is 334 g/mol. The molecule has 0 spiro atoms. The van der Waals surface area contributed by atoms with Crippen LogP contribution in [0, 0.1) is 6.92 Å². The summed E-state index contributed by atoms with van der Waals surface area (Å²) >= 11 is 0. The van der Waals surface area contributed by atoms with Gasteiger partial charge in [0.05, 0.1) is 17.3 Å². The van der Waals surface area contributed by atoms with Crippen LogP contribution in [0.1, 0.15) is 28.4 Å². The van der Waals surface area contributed by atoms with E-state index in [2.05, 4.69) is 0 Å². The minimum absolute atomic E-state index is 0.105. The van der Waals surface area contributed by atoms with Crippen molar-refractivity contribution in [2.75, 3.05) is 6.61 Å². The van der Waals surface area contributed by atoms with Crippen molar-refractivity contribution in [2.24, 2.45) is 0 Å². The predicted octanol–water partition coefficient (Wildman–Crippen LogP) is 3.07. The molecule has 23 heavy (non-hydrogen) atoms. The Balaban J connectivity index is 2.50. The van der Waals surface area contributed by atoms with Gasteiger partial charge in [0.1, 0.15) is 11.3 Å². The van der Waals surface area contributed by atoms with Crippen molar-refractivity contribution in [1.82, 2.24) is 0 Å². The maximum Gasteiger partial charge on any atom is 0.339 e. The first-order valence-corrected chi connectivity index (χ1v) is 8.78. The molecule has 0 unspecified atom stereocenters. The first kappa shape index (κ1) is 17.0. The fourth-order valence-corrected chi connectivity index (χ4v) is 4.05. The quantitative estimate of drug-likeness (QED) is 0.878. The fraction of sp³-hybridized carbons (Fsp3) is 0.235. The number of carboxylic acids is 1. The number of hydrogen-bond donors (Lipinski definition) is 1. The zero-order valence-electron chi connectivity index (χ0n) is 12.9. The molecule has 122 valence electrons. The van der Waals surface area contributed by atoms with Crippen molar-refractivity contribution in [3.63, 3.8) is 0 Å². The van der Waals surface area contributed by atoms with Gasteiger partial charge in [-0.3, -0.25) is 0 Å². The number of carbonyl (C=O) groups is 1. The molecule has 0 aliphatic carbocycles. The molecule has 2 rings (SSSR count). The third-order valence-corrected chi connectivity index (χ3v) is 5.22. The summed E-state index contributed by atoms with van der Waals surface area (Å²) in [4.78, 5) is 11.7. The van der Waals surface area contributed by atoms with Gasteiger partial charge in [0.25, 0.3) is 0 Å². The van der Waals surface area contributed by atoms with Crippen LogP contribution in [0.4, 0.5) is 0 Å². The van der Waals surface area contributed by atoms with Crippen LogP contribution in [0.15, 0.2) is 47.4 Å². The van der Waals surface area contributed by atoms with Gasteiger partial charge in [0.2, 0.25) is 0 Å². The average molecular weight is 334 g/mol. The van der Waals surface area contributed by atoms with Gasteiger partial charge in [-0.15, -0.1) is 0 Å². The van der Waals surface area contributed by atoms with Crippen LogP contribution in [-0.2, 0) is 15.6 Å². The molecule has 6 heteroatoms. The van der Waals surface area contributed by atoms with E-state index < -0.39 is 15.8 Å². The molecule has 2 aromatic carbocycles. The van der Waals surface area contributed by atoms with Gasteiger partial charge in [-0.25, -0.2) is 13.2 Å². The number of carboxylic acid groups (broad SMARTS) is 1. The Morgan fingerprint density at radius 1 is 1.13 bits per heavy atom. The zero-order chi connectivity index (χ0) is 17.0. The summed E-state index contributed by atoms with van der Waals surface area (Å²) in [5.74, 6) is -1.41. The molecule has 0 aliphatic heterocycles. The van der Waals surface area contributed by atoms with Crippen molar-refractivity contribution >= 4 is 15.8 Å². The van der Waals surface area contributed by atoms with Crippen molar-refractivity contribution < 1.29 is 23.1 Å². The highest BCUT2D eigenvalue weighted by molar-refractivity contribution is 7.90. The summed E-state index contributed by atoms with van der Waals surface area (Å²) in [6.07, 6.45) is 0. The highest BCUT2D eigenvalue weighted by atomic mass is 32.2. The Morgan fingerprint density at radius 3 is 2.43 bits per heavy atom. The zero-order valence-corrected chi connectivity index (χ0v) is 13.8. The molecular weight excluding hydrogens is 316 g/mol. The van der Waals surface area contributed by atoms with Gasteiger partial charge < -0.3 is 9.84 Å². The highest BCUT2D eigenvalue weighted by Crippen LogP contribution is 2.27. The standard InChI is InChI=1S/C17H18O5S/c1-3-22-14-9-6-8-13(16(14)17(18)19)11-23(20,21)15-10-5-4-7-12(15)2/h4-10H,3,11H2,1-2H3,(H,18,19). The Labute approximate surface area is 135 Å². The SMILES string of the molecule is CCOc1cccc(CS(=O)(=O)c2ccccc2C)c1C(=O)O. The first-order chi connectivity index (χ1) is 10.9. The summed E-state index contributed by atoms with van der Waals surface area (Å²) in [7, 11) is -3.65. The molecule has 0 aliphatic rings. The molecule has 0 amide bonds. The smallest absolute Gasteiger partial charge is 0.339 e. The maximum absolute atomic E-state index is 12.6. The van der Waals surface area contributed by atoms with E-state index in [1.165, 1.54) is 18.2 Å². The lowest BCUT2D eigenvalue weighted by Gasteiger charge is -2.13. The topological polar surface area (TPSA) is 80.7 Å². The Morgan fingerprint density at radius 2 is 1.83 bits per heavy atom. The molecule has 0 heterocycles. The van der Waals surface area contributed by atoms with Gasteiger partial charge in [-0.05, 0) is 37.1 Å². The number of hydrogen-bond acceptors (Lipinski definition) is 4. The Hall–Kier alpha value is -2.34. The molecule has 0 saturated heterocycles. The molecule has 5 nitrogen and oxygen atoms in total. The van der Waals surface area contributed by atoms with Gasteiger partial charge in [0.15, 0.2) is 9.84 Å². The van der Waals surface area contributed by atoms with Crippen molar-refractivity contribution in [1.29, 1.82) is 0 Å². The maximum atomic E-state index is 12.6. The number of benzene rings is 2. The lowest BCUT2D eigenvalue weighted by atomic mass is 10.1. The summed E-state index contributed by atoms with van der Waals surface area (Å²) < 4.78 is 30.6. The van der Waals surface area contributed by atoms with E-state index in [0.29, 0.717) is 12.2 Å². The lowest BCUT2D eigenvalue weighted by molar-refractivity contribution is 0.0691. The molecule has 1 N–H and O–H groups in total. The van der Waals surface area contributed by atoms with Crippen LogP contribution < -0.4 is 4.74 Å². The summed E-state index contributed by atoms with van der Waals surface area (Å²) in [5, 5.41) is 9.42. The Kier molecular flexibility index (Phi) is 5.05. The second-order valence-corrected chi connectivity index (χ2v) is 7.01. The van der Waals surface area contributed by atoms with Gasteiger partial charge >= 0.3 is 5.97 Å². The van der Waals surface area contributed by atoms with E-state index in [0.717, 1.165) is 0 Å².